The van der Waals surface area contributed by atoms with Crippen LogP contribution in [0.2, 0.25) is 0 Å². The topological polar surface area (TPSA) is 67.9 Å². The standard InChI is InChI=1S/C22H27FN2O4/c1-3-28-22(27)16-25(14-18-7-9-19(23)10-8-18)15-21(26)24-11-12-29-20-6-4-5-17(2)13-20/h4-10,13H,3,11-12,14-16H2,1-2H3,(H,24,26). The average Bonchev–Trinajstić information content (AvgIpc) is 2.67. The first-order valence-corrected chi connectivity index (χ1v) is 9.55. The van der Waals surface area contributed by atoms with Gasteiger partial charge >= 0.3 is 5.97 Å². The number of nitrogens with one attached hydrogen (secondary N) is 1. The molecule has 0 bridgehead atoms. The highest BCUT2D eigenvalue weighted by Crippen LogP contribution is 2.11. The Balaban J connectivity index is 1.83. The summed E-state index contributed by atoms with van der Waals surface area (Å²) in [5.74, 6) is -0.231. The minimum Gasteiger partial charge on any atom is -0.492 e. The molecule has 2 aromatic rings. The van der Waals surface area contributed by atoms with Crippen LogP contribution >= 0.6 is 0 Å². The molecule has 0 spiro atoms. The largest absolute Gasteiger partial charge is 0.492 e. The monoisotopic (exact) mass is 402 g/mol. The predicted octanol–water partition coefficient (Wildman–Crippen LogP) is 2.69. The molecule has 0 aliphatic rings. The maximum absolute atomic E-state index is 13.1. The van der Waals surface area contributed by atoms with Crippen LogP contribution in [0.15, 0.2) is 48.5 Å². The van der Waals surface area contributed by atoms with Crippen molar-refractivity contribution < 1.29 is 23.5 Å². The zero-order valence-corrected chi connectivity index (χ0v) is 16.8. The molecule has 1 N–H and O–H groups in total. The predicted molar refractivity (Wildman–Crippen MR) is 108 cm³/mol. The van der Waals surface area contributed by atoms with Crippen LogP contribution in [0, 0.1) is 12.7 Å². The zero-order valence-electron chi connectivity index (χ0n) is 16.8. The SMILES string of the molecule is CCOC(=O)CN(CC(=O)NCCOc1cccc(C)c1)Cc1ccc(F)cc1. The van der Waals surface area contributed by atoms with E-state index in [1.54, 1.807) is 24.0 Å². The average molecular weight is 402 g/mol. The molecule has 2 aromatic carbocycles. The van der Waals surface area contributed by atoms with Gasteiger partial charge in [0.1, 0.15) is 18.2 Å². The molecule has 7 heteroatoms. The summed E-state index contributed by atoms with van der Waals surface area (Å²) in [5, 5.41) is 2.78. The highest BCUT2D eigenvalue weighted by molar-refractivity contribution is 5.79. The van der Waals surface area contributed by atoms with Gasteiger partial charge in [-0.1, -0.05) is 24.3 Å². The van der Waals surface area contributed by atoms with E-state index in [1.165, 1.54) is 12.1 Å². The van der Waals surface area contributed by atoms with Gasteiger partial charge in [-0.15, -0.1) is 0 Å². The summed E-state index contributed by atoms with van der Waals surface area (Å²) in [6.45, 7) is 4.97. The van der Waals surface area contributed by atoms with Crippen LogP contribution in [0.5, 0.6) is 5.75 Å². The molecule has 0 fully saturated rings. The van der Waals surface area contributed by atoms with Gasteiger partial charge in [0.05, 0.1) is 26.2 Å². The Kier molecular flexibility index (Phi) is 9.11. The molecule has 29 heavy (non-hydrogen) atoms. The first-order valence-electron chi connectivity index (χ1n) is 9.55. The van der Waals surface area contributed by atoms with Gasteiger partial charge < -0.3 is 14.8 Å². The first-order chi connectivity index (χ1) is 14.0. The molecule has 0 atom stereocenters. The number of esters is 1. The van der Waals surface area contributed by atoms with Gasteiger partial charge in [0.25, 0.3) is 0 Å². The van der Waals surface area contributed by atoms with Gasteiger partial charge in [0.15, 0.2) is 0 Å². The molecule has 0 unspecified atom stereocenters. The molecule has 6 nitrogen and oxygen atoms in total. The first kappa shape index (κ1) is 22.4. The summed E-state index contributed by atoms with van der Waals surface area (Å²) in [7, 11) is 0. The minimum atomic E-state index is -0.412. The highest BCUT2D eigenvalue weighted by Gasteiger charge is 2.16. The lowest BCUT2D eigenvalue weighted by molar-refractivity contribution is -0.144. The second-order valence-corrected chi connectivity index (χ2v) is 6.59. The van der Waals surface area contributed by atoms with Crippen LogP contribution < -0.4 is 10.1 Å². The van der Waals surface area contributed by atoms with Crippen molar-refractivity contribution in [3.8, 4) is 5.75 Å². The normalized spacial score (nSPS) is 10.6. The van der Waals surface area contributed by atoms with E-state index >= 15 is 0 Å². The number of hydrogen-bond donors (Lipinski definition) is 1. The molecular formula is C22H27FN2O4. The molecule has 0 saturated heterocycles. The van der Waals surface area contributed by atoms with Gasteiger partial charge in [-0.3, -0.25) is 14.5 Å². The van der Waals surface area contributed by atoms with Crippen molar-refractivity contribution in [2.24, 2.45) is 0 Å². The van der Waals surface area contributed by atoms with E-state index in [1.807, 2.05) is 31.2 Å². The summed E-state index contributed by atoms with van der Waals surface area (Å²) in [4.78, 5) is 25.8. The second-order valence-electron chi connectivity index (χ2n) is 6.59. The third-order valence-electron chi connectivity index (χ3n) is 4.03. The second kappa shape index (κ2) is 11.8. The van der Waals surface area contributed by atoms with Gasteiger partial charge in [-0.2, -0.15) is 0 Å². The molecular weight excluding hydrogens is 375 g/mol. The maximum atomic E-state index is 13.1. The molecule has 0 aromatic heterocycles. The minimum absolute atomic E-state index is 0.0145. The summed E-state index contributed by atoms with van der Waals surface area (Å²) in [5.41, 5.74) is 1.90. The number of carbonyl (C=O) groups excluding carboxylic acids is 2. The Labute approximate surface area is 170 Å². The van der Waals surface area contributed by atoms with Crippen LogP contribution in [-0.4, -0.2) is 49.6 Å². The molecule has 0 aliphatic heterocycles. The van der Waals surface area contributed by atoms with Crippen molar-refractivity contribution in [2.45, 2.75) is 20.4 Å². The van der Waals surface area contributed by atoms with E-state index in [9.17, 15) is 14.0 Å². The quantitative estimate of drug-likeness (QED) is 0.462. The Hall–Kier alpha value is -2.93. The van der Waals surface area contributed by atoms with Crippen LogP contribution in [0.3, 0.4) is 0 Å². The van der Waals surface area contributed by atoms with Crippen molar-refractivity contribution in [3.05, 3.63) is 65.5 Å². The number of aryl methyl sites for hydroxylation is 1. The number of hydrogen-bond acceptors (Lipinski definition) is 5. The Morgan fingerprint density at radius 1 is 1.10 bits per heavy atom. The molecule has 0 heterocycles. The van der Waals surface area contributed by atoms with Crippen molar-refractivity contribution in [2.75, 3.05) is 32.8 Å². The van der Waals surface area contributed by atoms with Crippen molar-refractivity contribution in [1.29, 1.82) is 0 Å². The van der Waals surface area contributed by atoms with Crippen molar-refractivity contribution in [1.82, 2.24) is 10.2 Å². The van der Waals surface area contributed by atoms with Crippen molar-refractivity contribution in [3.63, 3.8) is 0 Å². The number of benzene rings is 2. The van der Waals surface area contributed by atoms with E-state index in [-0.39, 0.29) is 31.4 Å². The van der Waals surface area contributed by atoms with E-state index < -0.39 is 5.97 Å². The van der Waals surface area contributed by atoms with Gasteiger partial charge in [0, 0.05) is 6.54 Å². The Morgan fingerprint density at radius 2 is 1.86 bits per heavy atom. The lowest BCUT2D eigenvalue weighted by Crippen LogP contribution is -2.41. The molecule has 1 amide bonds. The summed E-state index contributed by atoms with van der Waals surface area (Å²) < 4.78 is 23.7. The Bertz CT molecular complexity index is 796. The molecule has 0 aliphatic carbocycles. The van der Waals surface area contributed by atoms with Crippen LogP contribution in [0.25, 0.3) is 0 Å². The number of amides is 1. The van der Waals surface area contributed by atoms with Gasteiger partial charge in [0.2, 0.25) is 5.91 Å². The van der Waals surface area contributed by atoms with Gasteiger partial charge in [-0.25, -0.2) is 4.39 Å². The van der Waals surface area contributed by atoms with Crippen LogP contribution in [-0.2, 0) is 20.9 Å². The zero-order chi connectivity index (χ0) is 21.1. The number of nitrogens with zero attached hydrogens (tertiary/aromatic N) is 1. The number of carbonyl (C=O) groups is 2. The van der Waals surface area contributed by atoms with E-state index in [4.69, 9.17) is 9.47 Å². The fourth-order valence-corrected chi connectivity index (χ4v) is 2.73. The van der Waals surface area contributed by atoms with E-state index in [2.05, 4.69) is 5.32 Å². The van der Waals surface area contributed by atoms with E-state index in [0.29, 0.717) is 19.7 Å². The lowest BCUT2D eigenvalue weighted by atomic mass is 10.2. The lowest BCUT2D eigenvalue weighted by Gasteiger charge is -2.21. The number of halogens is 1. The molecule has 0 saturated carbocycles. The maximum Gasteiger partial charge on any atom is 0.320 e. The van der Waals surface area contributed by atoms with Crippen molar-refractivity contribution >= 4 is 11.9 Å². The van der Waals surface area contributed by atoms with Gasteiger partial charge in [-0.05, 0) is 49.2 Å². The number of rotatable bonds is 11. The Morgan fingerprint density at radius 3 is 2.55 bits per heavy atom. The summed E-state index contributed by atoms with van der Waals surface area (Å²) in [6.07, 6.45) is 0. The van der Waals surface area contributed by atoms with Crippen LogP contribution in [0.4, 0.5) is 4.39 Å². The smallest absolute Gasteiger partial charge is 0.320 e. The summed E-state index contributed by atoms with van der Waals surface area (Å²) >= 11 is 0. The fraction of sp³-hybridized carbons (Fsp3) is 0.364. The highest BCUT2D eigenvalue weighted by atomic mass is 19.1. The molecule has 0 radical (unpaired) electrons. The third-order valence-corrected chi connectivity index (χ3v) is 4.03. The van der Waals surface area contributed by atoms with Crippen LogP contribution in [0.1, 0.15) is 18.1 Å². The fourth-order valence-electron chi connectivity index (χ4n) is 2.73. The molecule has 2 rings (SSSR count). The third kappa shape index (κ3) is 8.74. The molecule has 156 valence electrons. The summed E-state index contributed by atoms with van der Waals surface area (Å²) in [6, 6.07) is 13.6. The number of ether oxygens (including phenoxy) is 2. The van der Waals surface area contributed by atoms with E-state index in [0.717, 1.165) is 16.9 Å².